The molecule has 7 nitrogen and oxygen atoms in total. The van der Waals surface area contributed by atoms with Crippen molar-refractivity contribution in [3.63, 3.8) is 0 Å². The van der Waals surface area contributed by atoms with Gasteiger partial charge in [0.2, 0.25) is 0 Å². The highest BCUT2D eigenvalue weighted by Gasteiger charge is 2.13. The molecule has 0 aliphatic rings. The third kappa shape index (κ3) is 4.33. The number of nitrogens with zero attached hydrogens (tertiary/aromatic N) is 5. The number of rotatable bonds is 6. The normalized spacial score (nSPS) is 10.7. The van der Waals surface area contributed by atoms with Gasteiger partial charge in [-0.1, -0.05) is 23.7 Å². The molecule has 30 heavy (non-hydrogen) atoms. The molecule has 9 heteroatoms. The van der Waals surface area contributed by atoms with Crippen molar-refractivity contribution in [3.05, 3.63) is 89.5 Å². The molecule has 1 amide bonds. The van der Waals surface area contributed by atoms with Gasteiger partial charge in [0.25, 0.3) is 5.91 Å². The zero-order valence-electron chi connectivity index (χ0n) is 15.7. The SMILES string of the molecule is O=C(NCCc1ncc(-c2ccc(Cl)cc2F)cn1)c1ccccc1-n1nccn1. The van der Waals surface area contributed by atoms with E-state index in [0.717, 1.165) is 0 Å². The van der Waals surface area contributed by atoms with Gasteiger partial charge in [-0.25, -0.2) is 14.4 Å². The molecule has 4 aromatic rings. The number of nitrogens with one attached hydrogen (secondary N) is 1. The molecule has 0 saturated carbocycles. The molecule has 2 aromatic carbocycles. The number of aromatic nitrogens is 5. The fraction of sp³-hybridized carbons (Fsp3) is 0.0952. The summed E-state index contributed by atoms with van der Waals surface area (Å²) in [6, 6.07) is 11.5. The maximum atomic E-state index is 14.0. The molecule has 2 heterocycles. The number of para-hydroxylation sites is 1. The van der Waals surface area contributed by atoms with E-state index >= 15 is 0 Å². The van der Waals surface area contributed by atoms with Crippen LogP contribution in [0.25, 0.3) is 16.8 Å². The highest BCUT2D eigenvalue weighted by atomic mass is 35.5. The lowest BCUT2D eigenvalue weighted by molar-refractivity contribution is 0.0953. The molecule has 0 spiro atoms. The Balaban J connectivity index is 1.39. The summed E-state index contributed by atoms with van der Waals surface area (Å²) in [6.45, 7) is 0.342. The van der Waals surface area contributed by atoms with Crippen molar-refractivity contribution in [1.29, 1.82) is 0 Å². The molecular formula is C21H16ClFN6O. The monoisotopic (exact) mass is 422 g/mol. The molecule has 0 fully saturated rings. The maximum absolute atomic E-state index is 14.0. The van der Waals surface area contributed by atoms with E-state index in [1.165, 1.54) is 10.9 Å². The molecule has 0 radical (unpaired) electrons. The van der Waals surface area contributed by atoms with E-state index in [-0.39, 0.29) is 5.91 Å². The van der Waals surface area contributed by atoms with Crippen molar-refractivity contribution in [3.8, 4) is 16.8 Å². The van der Waals surface area contributed by atoms with Crippen LogP contribution >= 0.6 is 11.6 Å². The Hall–Kier alpha value is -3.65. The van der Waals surface area contributed by atoms with Crippen molar-refractivity contribution in [1.82, 2.24) is 30.3 Å². The van der Waals surface area contributed by atoms with Gasteiger partial charge < -0.3 is 5.32 Å². The van der Waals surface area contributed by atoms with E-state index in [1.54, 1.807) is 55.1 Å². The second kappa shape index (κ2) is 8.79. The molecule has 4 rings (SSSR count). The lowest BCUT2D eigenvalue weighted by Crippen LogP contribution is -2.27. The first-order valence-corrected chi connectivity index (χ1v) is 9.50. The summed E-state index contributed by atoms with van der Waals surface area (Å²) in [4.78, 5) is 22.5. The standard InChI is InChI=1S/C21H16ClFN6O/c22-15-5-6-16(18(23)11-15)14-12-25-20(26-13-14)7-8-24-21(30)17-3-1-2-4-19(17)29-27-9-10-28-29/h1-6,9-13H,7-8H2,(H,24,30). The number of halogens is 2. The van der Waals surface area contributed by atoms with E-state index in [4.69, 9.17) is 11.6 Å². The molecular weight excluding hydrogens is 407 g/mol. The van der Waals surface area contributed by atoms with Gasteiger partial charge in [-0.15, -0.1) is 0 Å². The summed E-state index contributed by atoms with van der Waals surface area (Å²) in [7, 11) is 0. The summed E-state index contributed by atoms with van der Waals surface area (Å²) in [5.74, 6) is -0.144. The van der Waals surface area contributed by atoms with E-state index in [0.29, 0.717) is 46.2 Å². The second-order valence-corrected chi connectivity index (χ2v) is 6.79. The Bertz CT molecular complexity index is 1160. The van der Waals surface area contributed by atoms with Gasteiger partial charge in [0, 0.05) is 41.5 Å². The largest absolute Gasteiger partial charge is 0.352 e. The Morgan fingerprint density at radius 3 is 2.53 bits per heavy atom. The molecule has 0 aliphatic heterocycles. The topological polar surface area (TPSA) is 85.6 Å². The fourth-order valence-corrected chi connectivity index (χ4v) is 3.07. The predicted molar refractivity (Wildman–Crippen MR) is 110 cm³/mol. The minimum absolute atomic E-state index is 0.247. The summed E-state index contributed by atoms with van der Waals surface area (Å²) in [5.41, 5.74) is 1.98. The van der Waals surface area contributed by atoms with Crippen LogP contribution in [0.1, 0.15) is 16.2 Å². The quantitative estimate of drug-likeness (QED) is 0.514. The first-order valence-electron chi connectivity index (χ1n) is 9.12. The Morgan fingerprint density at radius 2 is 1.80 bits per heavy atom. The fourth-order valence-electron chi connectivity index (χ4n) is 2.91. The van der Waals surface area contributed by atoms with Gasteiger partial charge in [0.1, 0.15) is 11.6 Å². The molecule has 0 aliphatic carbocycles. The number of amides is 1. The lowest BCUT2D eigenvalue weighted by Gasteiger charge is -2.09. The number of hydrogen-bond donors (Lipinski definition) is 1. The van der Waals surface area contributed by atoms with E-state index in [1.807, 2.05) is 6.07 Å². The van der Waals surface area contributed by atoms with Crippen molar-refractivity contribution in [2.75, 3.05) is 6.54 Å². The average Bonchev–Trinajstić information content (AvgIpc) is 3.29. The Labute approximate surface area is 176 Å². The van der Waals surface area contributed by atoms with Crippen LogP contribution in [0.5, 0.6) is 0 Å². The summed E-state index contributed by atoms with van der Waals surface area (Å²) in [6.07, 6.45) is 6.62. The van der Waals surface area contributed by atoms with Crippen LogP contribution in [0.2, 0.25) is 5.02 Å². The molecule has 0 atom stereocenters. The average molecular weight is 423 g/mol. The highest BCUT2D eigenvalue weighted by molar-refractivity contribution is 6.30. The number of carbonyl (C=O) groups excluding carboxylic acids is 1. The number of benzene rings is 2. The van der Waals surface area contributed by atoms with Crippen molar-refractivity contribution < 1.29 is 9.18 Å². The second-order valence-electron chi connectivity index (χ2n) is 6.35. The van der Waals surface area contributed by atoms with E-state index in [2.05, 4.69) is 25.5 Å². The summed E-state index contributed by atoms with van der Waals surface area (Å²) >= 11 is 5.78. The van der Waals surface area contributed by atoms with Crippen LogP contribution < -0.4 is 5.32 Å². The Kier molecular flexibility index (Phi) is 5.76. The third-order valence-electron chi connectivity index (χ3n) is 4.36. The van der Waals surface area contributed by atoms with Crippen LogP contribution in [-0.2, 0) is 6.42 Å². The minimum Gasteiger partial charge on any atom is -0.352 e. The van der Waals surface area contributed by atoms with Gasteiger partial charge in [-0.3, -0.25) is 4.79 Å². The van der Waals surface area contributed by atoms with Crippen molar-refractivity contribution in [2.45, 2.75) is 6.42 Å². The van der Waals surface area contributed by atoms with Crippen LogP contribution in [0.4, 0.5) is 4.39 Å². The summed E-state index contributed by atoms with van der Waals surface area (Å²) < 4.78 is 14.0. The van der Waals surface area contributed by atoms with Crippen LogP contribution in [0.3, 0.4) is 0 Å². The molecule has 0 bridgehead atoms. The molecule has 2 aromatic heterocycles. The molecule has 0 saturated heterocycles. The zero-order valence-corrected chi connectivity index (χ0v) is 16.4. The van der Waals surface area contributed by atoms with Gasteiger partial charge >= 0.3 is 0 Å². The van der Waals surface area contributed by atoms with Gasteiger partial charge in [0.15, 0.2) is 0 Å². The first-order chi connectivity index (χ1) is 14.6. The van der Waals surface area contributed by atoms with Gasteiger partial charge in [-0.2, -0.15) is 15.0 Å². The highest BCUT2D eigenvalue weighted by Crippen LogP contribution is 2.24. The van der Waals surface area contributed by atoms with Crippen LogP contribution in [0.15, 0.2) is 67.3 Å². The van der Waals surface area contributed by atoms with Crippen molar-refractivity contribution in [2.24, 2.45) is 0 Å². The number of carbonyl (C=O) groups is 1. The van der Waals surface area contributed by atoms with E-state index < -0.39 is 5.82 Å². The first kappa shape index (κ1) is 19.7. The number of hydrogen-bond acceptors (Lipinski definition) is 5. The predicted octanol–water partition coefficient (Wildman–Crippen LogP) is 3.49. The van der Waals surface area contributed by atoms with E-state index in [9.17, 15) is 9.18 Å². The van der Waals surface area contributed by atoms with Crippen LogP contribution in [-0.4, -0.2) is 37.4 Å². The lowest BCUT2D eigenvalue weighted by atomic mass is 10.1. The molecule has 0 unspecified atom stereocenters. The Morgan fingerprint density at radius 1 is 1.07 bits per heavy atom. The van der Waals surface area contributed by atoms with Crippen LogP contribution in [0, 0.1) is 5.82 Å². The summed E-state index contributed by atoms with van der Waals surface area (Å²) in [5, 5.41) is 11.3. The zero-order chi connectivity index (χ0) is 20.9. The maximum Gasteiger partial charge on any atom is 0.253 e. The minimum atomic E-state index is -0.434. The van der Waals surface area contributed by atoms with Crippen molar-refractivity contribution >= 4 is 17.5 Å². The molecule has 150 valence electrons. The third-order valence-corrected chi connectivity index (χ3v) is 4.60. The van der Waals surface area contributed by atoms with Gasteiger partial charge in [-0.05, 0) is 30.3 Å². The van der Waals surface area contributed by atoms with Gasteiger partial charge in [0.05, 0.1) is 23.6 Å². The molecule has 1 N–H and O–H groups in total. The smallest absolute Gasteiger partial charge is 0.253 e.